The number of hydrogen-bond acceptors (Lipinski definition) is 11. The normalized spacial score (nSPS) is 27.7. The number of aliphatic hydroxyl groups is 1. The molecule has 67 heavy (non-hydrogen) atoms. The maximum Gasteiger partial charge on any atom is 0.244 e. The fraction of sp³-hybridized carbons (Fsp3) is 0.528. The van der Waals surface area contributed by atoms with Crippen molar-refractivity contribution in [3.63, 3.8) is 0 Å². The first-order valence-corrected chi connectivity index (χ1v) is 24.2. The topological polar surface area (TPSA) is 161 Å². The molecule has 0 aromatic heterocycles. The molecule has 2 unspecified atom stereocenters. The number of carbonyl (C=O) groups excluding carboxylic acids is 2. The number of piperidine rings is 1. The van der Waals surface area contributed by atoms with Crippen molar-refractivity contribution >= 4 is 41.4 Å². The van der Waals surface area contributed by atoms with E-state index in [0.29, 0.717) is 27.8 Å². The van der Waals surface area contributed by atoms with Gasteiger partial charge in [-0.25, -0.2) is 0 Å². The molecule has 3 aromatic rings. The third-order valence-electron chi connectivity index (χ3n) is 15.6. The van der Waals surface area contributed by atoms with Crippen LogP contribution in [-0.2, 0) is 15.2 Å². The standard InChI is InChI=1S/C53H64ClN7O6/c1-50(2)47(51(3,4)48(50)67-38-10-8-32(28-55)42(54)27-38)59-45(62)33-29-57-49(58-30-33)61-24-21-53(22-25-61)19-16-37(17-20-53)65-35-11-13-36(14-12-35)66-43-15-9-34(52(5,6)64)26-40(43)41-31-60(7)46(63)44-39(41)18-23-56-44/h8-15,26-27,29-31,33,37,39,44,47-49,56,64H,16-25H2,1-7H3,(H,59,62). The van der Waals surface area contributed by atoms with Gasteiger partial charge in [0.2, 0.25) is 11.8 Å². The molecule has 2 aliphatic carbocycles. The van der Waals surface area contributed by atoms with Crippen LogP contribution in [0, 0.1) is 39.4 Å². The van der Waals surface area contributed by atoms with E-state index in [9.17, 15) is 20.0 Å². The first kappa shape index (κ1) is 46.8. The Morgan fingerprint density at radius 2 is 1.57 bits per heavy atom. The van der Waals surface area contributed by atoms with Gasteiger partial charge in [0, 0.05) is 73.2 Å². The average Bonchev–Trinajstić information content (AvgIpc) is 3.81. The molecule has 0 radical (unpaired) electrons. The summed E-state index contributed by atoms with van der Waals surface area (Å²) in [6, 6.07) is 20.4. The van der Waals surface area contributed by atoms with E-state index < -0.39 is 11.5 Å². The fourth-order valence-corrected chi connectivity index (χ4v) is 12.1. The van der Waals surface area contributed by atoms with Gasteiger partial charge in [-0.1, -0.05) is 45.4 Å². The first-order chi connectivity index (χ1) is 31.8. The minimum Gasteiger partial charge on any atom is -0.490 e. The van der Waals surface area contributed by atoms with Gasteiger partial charge in [0.15, 0.2) is 6.29 Å². The summed E-state index contributed by atoms with van der Waals surface area (Å²) in [5.74, 6) is 2.20. The molecule has 9 rings (SSSR count). The Kier molecular flexibility index (Phi) is 12.6. The van der Waals surface area contributed by atoms with Crippen LogP contribution in [0.1, 0.15) is 103 Å². The molecule has 4 heterocycles. The van der Waals surface area contributed by atoms with E-state index in [1.165, 1.54) is 0 Å². The minimum absolute atomic E-state index is 0.0251. The second-order valence-electron chi connectivity index (χ2n) is 21.4. The molecule has 3 N–H and O–H groups in total. The summed E-state index contributed by atoms with van der Waals surface area (Å²) in [7, 11) is 1.79. The van der Waals surface area contributed by atoms with E-state index in [0.717, 1.165) is 87.0 Å². The summed E-state index contributed by atoms with van der Waals surface area (Å²) < 4.78 is 19.5. The van der Waals surface area contributed by atoms with E-state index in [-0.39, 0.29) is 64.6 Å². The Bertz CT molecular complexity index is 2480. The number of rotatable bonds is 11. The van der Waals surface area contributed by atoms with Gasteiger partial charge in [0.1, 0.15) is 41.1 Å². The van der Waals surface area contributed by atoms with E-state index >= 15 is 0 Å². The smallest absolute Gasteiger partial charge is 0.244 e. The van der Waals surface area contributed by atoms with Crippen LogP contribution in [0.15, 0.2) is 76.8 Å². The number of nitriles is 1. The number of nitrogens with one attached hydrogen (secondary N) is 2. The van der Waals surface area contributed by atoms with E-state index in [1.54, 1.807) is 56.4 Å². The zero-order valence-corrected chi connectivity index (χ0v) is 40.5. The van der Waals surface area contributed by atoms with Crippen molar-refractivity contribution in [1.29, 1.82) is 5.26 Å². The Labute approximate surface area is 399 Å². The van der Waals surface area contributed by atoms with E-state index in [2.05, 4.69) is 49.3 Å². The van der Waals surface area contributed by atoms with Crippen LogP contribution in [0.4, 0.5) is 0 Å². The highest BCUT2D eigenvalue weighted by Crippen LogP contribution is 2.56. The molecule has 2 atom stereocenters. The molecule has 4 aliphatic heterocycles. The number of likely N-dealkylation sites (N-methyl/N-ethyl adjacent to an activating group) is 1. The average molecular weight is 931 g/mol. The summed E-state index contributed by atoms with van der Waals surface area (Å²) in [6.07, 6.45) is 12.3. The van der Waals surface area contributed by atoms with Crippen LogP contribution in [0.3, 0.4) is 0 Å². The van der Waals surface area contributed by atoms with Gasteiger partial charge in [-0.15, -0.1) is 0 Å². The molecule has 6 aliphatic rings. The van der Waals surface area contributed by atoms with Crippen molar-refractivity contribution in [3.8, 4) is 29.1 Å². The van der Waals surface area contributed by atoms with Gasteiger partial charge in [0.25, 0.3) is 0 Å². The van der Waals surface area contributed by atoms with Crippen molar-refractivity contribution in [3.05, 3.63) is 88.6 Å². The van der Waals surface area contributed by atoms with Crippen LogP contribution in [0.2, 0.25) is 5.02 Å². The number of halogens is 1. The highest BCUT2D eigenvalue weighted by molar-refractivity contribution is 6.31. The summed E-state index contributed by atoms with van der Waals surface area (Å²) >= 11 is 6.27. The van der Waals surface area contributed by atoms with Gasteiger partial charge in [-0.05, 0) is 130 Å². The van der Waals surface area contributed by atoms with E-state index in [4.69, 9.17) is 35.8 Å². The van der Waals surface area contributed by atoms with Crippen LogP contribution in [0.5, 0.6) is 23.0 Å². The van der Waals surface area contributed by atoms with Gasteiger partial charge in [-0.2, -0.15) is 5.26 Å². The molecule has 3 aromatic carbocycles. The van der Waals surface area contributed by atoms with Gasteiger partial charge in [-0.3, -0.25) is 24.5 Å². The number of aliphatic imine (C=N–C) groups is 2. The summed E-state index contributed by atoms with van der Waals surface area (Å²) in [6.45, 7) is 14.5. The largest absolute Gasteiger partial charge is 0.490 e. The molecule has 2 saturated carbocycles. The zero-order chi connectivity index (χ0) is 47.5. The number of amides is 2. The van der Waals surface area contributed by atoms with Crippen LogP contribution >= 0.6 is 11.6 Å². The van der Waals surface area contributed by atoms with Crippen LogP contribution in [0.25, 0.3) is 5.57 Å². The molecule has 2 saturated heterocycles. The third-order valence-corrected chi connectivity index (χ3v) is 15.9. The molecule has 0 bridgehead atoms. The maximum atomic E-state index is 13.6. The Morgan fingerprint density at radius 3 is 2.21 bits per heavy atom. The lowest BCUT2D eigenvalue weighted by Gasteiger charge is -2.63. The molecule has 13 nitrogen and oxygen atoms in total. The quantitative estimate of drug-likeness (QED) is 0.171. The molecule has 4 fully saturated rings. The number of fused-ring (bicyclic) bond motifs is 1. The van der Waals surface area contributed by atoms with Crippen molar-refractivity contribution in [2.24, 2.45) is 38.1 Å². The molecule has 2 amide bonds. The van der Waals surface area contributed by atoms with Gasteiger partial charge in [0.05, 0.1) is 28.3 Å². The van der Waals surface area contributed by atoms with Crippen molar-refractivity contribution in [1.82, 2.24) is 20.4 Å². The second-order valence-corrected chi connectivity index (χ2v) is 21.8. The number of carbonyl (C=O) groups is 2. The lowest BCUT2D eigenvalue weighted by Crippen LogP contribution is -2.75. The third kappa shape index (κ3) is 9.22. The highest BCUT2D eigenvalue weighted by Gasteiger charge is 2.64. The summed E-state index contributed by atoms with van der Waals surface area (Å²) in [5, 5.41) is 27.2. The predicted octanol–water partition coefficient (Wildman–Crippen LogP) is 8.48. The zero-order valence-electron chi connectivity index (χ0n) is 39.7. The monoisotopic (exact) mass is 929 g/mol. The van der Waals surface area contributed by atoms with Crippen LogP contribution in [-0.4, -0.2) is 96.4 Å². The van der Waals surface area contributed by atoms with Crippen molar-refractivity contribution < 1.29 is 28.9 Å². The molecular formula is C53H64ClN7O6. The number of nitrogens with zero attached hydrogens (tertiary/aromatic N) is 5. The summed E-state index contributed by atoms with van der Waals surface area (Å²) in [4.78, 5) is 40.0. The Morgan fingerprint density at radius 1 is 0.910 bits per heavy atom. The van der Waals surface area contributed by atoms with Crippen molar-refractivity contribution in [2.75, 3.05) is 26.7 Å². The van der Waals surface area contributed by atoms with Crippen LogP contribution < -0.4 is 24.8 Å². The first-order valence-electron chi connectivity index (χ1n) is 23.9. The Balaban J connectivity index is 0.741. The van der Waals surface area contributed by atoms with E-state index in [1.807, 2.05) is 48.7 Å². The number of likely N-dealkylation sites (tertiary alicyclic amines) is 1. The molecule has 14 heteroatoms. The minimum atomic E-state index is -1.04. The number of ether oxygens (including phenoxy) is 3. The molecule has 354 valence electrons. The maximum absolute atomic E-state index is 13.6. The number of benzene rings is 3. The molecular weight excluding hydrogens is 866 g/mol. The second kappa shape index (κ2) is 18.0. The lowest BCUT2D eigenvalue weighted by atomic mass is 9.49. The van der Waals surface area contributed by atoms with Gasteiger partial charge < -0.3 is 34.9 Å². The molecule has 1 spiro atoms. The summed E-state index contributed by atoms with van der Waals surface area (Å²) in [5.41, 5.74) is 1.60. The fourth-order valence-electron chi connectivity index (χ4n) is 11.9. The predicted molar refractivity (Wildman–Crippen MR) is 259 cm³/mol. The lowest BCUT2D eigenvalue weighted by molar-refractivity contribution is -0.173. The number of hydrogen-bond donors (Lipinski definition) is 3. The highest BCUT2D eigenvalue weighted by atomic mass is 35.5. The van der Waals surface area contributed by atoms with Crippen molar-refractivity contribution in [2.45, 2.75) is 123 Å². The van der Waals surface area contributed by atoms with Gasteiger partial charge >= 0.3 is 0 Å². The Hall–Kier alpha value is -5.26. The SMILES string of the molecule is CN1C=C(c2cc(C(C)(C)O)ccc2Oc2ccc(OC3CCC4(CC3)CCN(C3N=CC(C(=O)NC5C(C)(C)C(Oc6ccc(C#N)c(Cl)c6)C5(C)C)C=N3)CC4)cc2)C2CCNC2C1=O.